The third kappa shape index (κ3) is 10.1. The van der Waals surface area contributed by atoms with E-state index in [-0.39, 0.29) is 38.6 Å². The minimum Gasteiger partial charge on any atom is -0.491 e. The number of anilines is 2. The predicted octanol–water partition coefficient (Wildman–Crippen LogP) is 8.00. The fourth-order valence-electron chi connectivity index (χ4n) is 4.96. The van der Waals surface area contributed by atoms with Gasteiger partial charge in [-0.25, -0.2) is 0 Å². The molecule has 0 aromatic heterocycles. The topological polar surface area (TPSA) is 139 Å². The average molecular weight is 705 g/mol. The number of epoxide rings is 2. The first-order valence-electron chi connectivity index (χ1n) is 16.4. The number of benzene rings is 3. The summed E-state index contributed by atoms with van der Waals surface area (Å²) < 4.78 is 73.6. The van der Waals surface area contributed by atoms with E-state index >= 15 is 0 Å². The summed E-state index contributed by atoms with van der Waals surface area (Å²) in [7, 11) is -7.41. The van der Waals surface area contributed by atoms with Gasteiger partial charge in [0.1, 0.15) is 36.9 Å². The zero-order valence-corrected chi connectivity index (χ0v) is 29.7. The van der Waals surface area contributed by atoms with Crippen molar-refractivity contribution in [3.8, 4) is 11.5 Å². The summed E-state index contributed by atoms with van der Waals surface area (Å²) in [6.07, 6.45) is 0.300. The Bertz CT molecular complexity index is 1380. The van der Waals surface area contributed by atoms with E-state index < -0.39 is 26.8 Å². The molecule has 3 aromatic rings. The van der Waals surface area contributed by atoms with Gasteiger partial charge >= 0.3 is 15.2 Å². The van der Waals surface area contributed by atoms with Crippen LogP contribution >= 0.6 is 15.2 Å². The number of nitrogens with one attached hydrogen (secondary N) is 2. The molecule has 48 heavy (non-hydrogen) atoms. The van der Waals surface area contributed by atoms with Gasteiger partial charge in [0.05, 0.1) is 39.6 Å². The standard InChI is InChI=1S/C34H46N2O10P2/c1-5-43-47(37,44-6-2)33(35-27-13-17-29(18-14-27)39-21-31-23-41-31)25-9-11-26(12-10-25)34(48(38,45-7-3)46-8-4)36-28-15-19-30(20-16-28)40-22-32-24-42-32/h9-20,31-36H,5-8,21-24H2,1-4H3. The Morgan fingerprint density at radius 1 is 0.583 bits per heavy atom. The van der Waals surface area contributed by atoms with Gasteiger partial charge in [-0.1, -0.05) is 24.3 Å². The molecule has 0 amide bonds. The van der Waals surface area contributed by atoms with Crippen molar-refractivity contribution in [2.75, 3.05) is 63.5 Å². The number of ether oxygens (including phenoxy) is 4. The summed E-state index contributed by atoms with van der Waals surface area (Å²) in [4.78, 5) is 0. The van der Waals surface area contributed by atoms with Crippen molar-refractivity contribution in [2.45, 2.75) is 51.5 Å². The van der Waals surface area contributed by atoms with Crippen LogP contribution in [0.15, 0.2) is 72.8 Å². The Hall–Kier alpha value is -2.92. The maximum atomic E-state index is 14.2. The molecular formula is C34H46N2O10P2. The average Bonchev–Trinajstić information content (AvgIpc) is 4.02. The fraction of sp³-hybridized carbons (Fsp3) is 0.471. The lowest BCUT2D eigenvalue weighted by Gasteiger charge is -2.30. The molecule has 0 bridgehead atoms. The minimum absolute atomic E-state index is 0.150. The quantitative estimate of drug-likeness (QED) is 0.0774. The Labute approximate surface area is 282 Å². The molecule has 2 fully saturated rings. The molecule has 2 aliphatic heterocycles. The van der Waals surface area contributed by atoms with E-state index in [0.29, 0.717) is 47.2 Å². The molecule has 2 heterocycles. The summed E-state index contributed by atoms with van der Waals surface area (Å²) in [6, 6.07) is 22.0. The van der Waals surface area contributed by atoms with Crippen molar-refractivity contribution >= 4 is 26.6 Å². The highest BCUT2D eigenvalue weighted by atomic mass is 31.2. The van der Waals surface area contributed by atoms with E-state index in [1.165, 1.54) is 0 Å². The monoisotopic (exact) mass is 704 g/mol. The second-order valence-corrected chi connectivity index (χ2v) is 15.3. The second kappa shape index (κ2) is 17.1. The van der Waals surface area contributed by atoms with E-state index in [0.717, 1.165) is 13.2 Å². The van der Waals surface area contributed by atoms with Gasteiger partial charge in [-0.15, -0.1) is 0 Å². The zero-order valence-electron chi connectivity index (χ0n) is 27.9. The highest BCUT2D eigenvalue weighted by Gasteiger charge is 2.40. The van der Waals surface area contributed by atoms with Crippen LogP contribution in [-0.2, 0) is 36.7 Å². The number of hydrogen-bond acceptors (Lipinski definition) is 12. The van der Waals surface area contributed by atoms with Crippen molar-refractivity contribution in [3.63, 3.8) is 0 Å². The smallest absolute Gasteiger partial charge is 0.357 e. The van der Waals surface area contributed by atoms with Crippen molar-refractivity contribution in [2.24, 2.45) is 0 Å². The van der Waals surface area contributed by atoms with Crippen molar-refractivity contribution in [3.05, 3.63) is 83.9 Å². The molecule has 0 radical (unpaired) electrons. The number of rotatable bonds is 22. The first-order chi connectivity index (χ1) is 23.3. The van der Waals surface area contributed by atoms with Crippen LogP contribution < -0.4 is 20.1 Å². The maximum Gasteiger partial charge on any atom is 0.357 e. The highest BCUT2D eigenvalue weighted by Crippen LogP contribution is 2.62. The van der Waals surface area contributed by atoms with Crippen LogP contribution in [0, 0.1) is 0 Å². The van der Waals surface area contributed by atoms with Gasteiger partial charge in [-0.05, 0) is 87.4 Å². The molecule has 3 aromatic carbocycles. The van der Waals surface area contributed by atoms with E-state index in [9.17, 15) is 9.13 Å². The van der Waals surface area contributed by atoms with Gasteiger partial charge in [0.15, 0.2) is 11.6 Å². The van der Waals surface area contributed by atoms with Crippen molar-refractivity contribution < 1.29 is 46.2 Å². The Morgan fingerprint density at radius 2 is 0.896 bits per heavy atom. The van der Waals surface area contributed by atoms with Gasteiger partial charge in [-0.3, -0.25) is 9.13 Å². The zero-order chi connectivity index (χ0) is 34.0. The third-order valence-electron chi connectivity index (χ3n) is 7.43. The van der Waals surface area contributed by atoms with Crippen LogP contribution in [0.5, 0.6) is 11.5 Å². The lowest BCUT2D eigenvalue weighted by atomic mass is 10.1. The highest BCUT2D eigenvalue weighted by molar-refractivity contribution is 7.54. The molecule has 5 rings (SSSR count). The van der Waals surface area contributed by atoms with E-state index in [1.54, 1.807) is 27.7 Å². The van der Waals surface area contributed by atoms with Crippen LogP contribution in [0.2, 0.25) is 0 Å². The summed E-state index contributed by atoms with van der Waals surface area (Å²) in [5, 5.41) is 6.73. The summed E-state index contributed by atoms with van der Waals surface area (Å²) in [5.74, 6) is -0.278. The fourth-order valence-corrected chi connectivity index (χ4v) is 8.83. The molecule has 262 valence electrons. The van der Waals surface area contributed by atoms with Gasteiger partial charge in [0.25, 0.3) is 0 Å². The Balaban J connectivity index is 1.41. The molecule has 2 N–H and O–H groups in total. The lowest BCUT2D eigenvalue weighted by molar-refractivity contribution is 0.213. The second-order valence-electron chi connectivity index (χ2n) is 11.1. The molecule has 0 saturated carbocycles. The molecule has 14 heteroatoms. The minimum atomic E-state index is -3.71. The molecule has 4 unspecified atom stereocenters. The van der Waals surface area contributed by atoms with Gasteiger partial charge < -0.3 is 47.7 Å². The first-order valence-corrected chi connectivity index (χ1v) is 19.6. The van der Waals surface area contributed by atoms with Crippen LogP contribution in [0.3, 0.4) is 0 Å². The lowest BCUT2D eigenvalue weighted by Crippen LogP contribution is -2.17. The molecule has 0 aliphatic carbocycles. The SMILES string of the molecule is CCOP(=O)(OCC)C(Nc1ccc(OCC2CO2)cc1)c1ccc(C(Nc2ccc(OCC3CO3)cc2)P(=O)(OCC)OCC)cc1. The van der Waals surface area contributed by atoms with Crippen LogP contribution in [-0.4, -0.2) is 65.1 Å². The summed E-state index contributed by atoms with van der Waals surface area (Å²) in [5.41, 5.74) is 2.70. The van der Waals surface area contributed by atoms with E-state index in [1.807, 2.05) is 72.8 Å². The van der Waals surface area contributed by atoms with Gasteiger partial charge in [0, 0.05) is 11.4 Å². The molecule has 12 nitrogen and oxygen atoms in total. The van der Waals surface area contributed by atoms with Crippen molar-refractivity contribution in [1.29, 1.82) is 0 Å². The van der Waals surface area contributed by atoms with Gasteiger partial charge in [0.2, 0.25) is 0 Å². The Kier molecular flexibility index (Phi) is 13.0. The van der Waals surface area contributed by atoms with Crippen LogP contribution in [0.25, 0.3) is 0 Å². The number of hydrogen-bond donors (Lipinski definition) is 2. The van der Waals surface area contributed by atoms with E-state index in [4.69, 9.17) is 37.0 Å². The van der Waals surface area contributed by atoms with Crippen LogP contribution in [0.1, 0.15) is 50.4 Å². The molecule has 0 spiro atoms. The van der Waals surface area contributed by atoms with Crippen molar-refractivity contribution in [1.82, 2.24) is 0 Å². The summed E-state index contributed by atoms with van der Waals surface area (Å²) in [6.45, 7) is 10.3. The third-order valence-corrected chi connectivity index (χ3v) is 12.0. The molecule has 2 saturated heterocycles. The predicted molar refractivity (Wildman–Crippen MR) is 184 cm³/mol. The van der Waals surface area contributed by atoms with Gasteiger partial charge in [-0.2, -0.15) is 0 Å². The summed E-state index contributed by atoms with van der Waals surface area (Å²) >= 11 is 0. The molecule has 4 atom stereocenters. The van der Waals surface area contributed by atoms with Crippen LogP contribution in [0.4, 0.5) is 11.4 Å². The largest absolute Gasteiger partial charge is 0.491 e. The first kappa shape index (κ1) is 36.4. The van der Waals surface area contributed by atoms with E-state index in [2.05, 4.69) is 10.6 Å². The maximum absolute atomic E-state index is 14.2. The molecule has 2 aliphatic rings. The molecular weight excluding hydrogens is 658 g/mol. The normalized spacial score (nSPS) is 18.5. The Morgan fingerprint density at radius 3 is 1.17 bits per heavy atom.